The average molecular weight is 394 g/mol. The number of fused-ring (bicyclic) bond motifs is 1. The minimum atomic E-state index is 0. The van der Waals surface area contributed by atoms with Crippen molar-refractivity contribution in [1.29, 1.82) is 0 Å². The molecule has 0 aliphatic carbocycles. The summed E-state index contributed by atoms with van der Waals surface area (Å²) in [5.74, 6) is 1.81. The van der Waals surface area contributed by atoms with E-state index in [9.17, 15) is 0 Å². The molecule has 4 rings (SSSR count). The lowest BCUT2D eigenvalue weighted by Crippen LogP contribution is -2.46. The number of pyridine rings is 1. The first-order valence-corrected chi connectivity index (χ1v) is 9.99. The van der Waals surface area contributed by atoms with Gasteiger partial charge in [0.25, 0.3) is 0 Å². The van der Waals surface area contributed by atoms with Gasteiger partial charge in [0, 0.05) is 37.1 Å². The van der Waals surface area contributed by atoms with E-state index < -0.39 is 0 Å². The van der Waals surface area contributed by atoms with Crippen LogP contribution >= 0.6 is 0 Å². The van der Waals surface area contributed by atoms with Gasteiger partial charge in [0.15, 0.2) is 0 Å². The van der Waals surface area contributed by atoms with Gasteiger partial charge in [-0.1, -0.05) is 50.7 Å². The van der Waals surface area contributed by atoms with Crippen LogP contribution in [0.25, 0.3) is 22.0 Å². The highest BCUT2D eigenvalue weighted by Gasteiger charge is 2.19. The van der Waals surface area contributed by atoms with E-state index in [-0.39, 0.29) is 14.0 Å². The van der Waals surface area contributed by atoms with Crippen LogP contribution in [0.15, 0.2) is 54.6 Å². The van der Waals surface area contributed by atoms with E-state index in [1.165, 1.54) is 10.8 Å². The highest BCUT2D eigenvalue weighted by molar-refractivity contribution is 5.95. The fraction of sp³-hybridized carbons (Fsp3) is 0.375. The highest BCUT2D eigenvalue weighted by atomic mass is 16.5. The molecule has 1 aliphatic heterocycles. The van der Waals surface area contributed by atoms with Gasteiger partial charge in [0.2, 0.25) is 0 Å². The molecule has 2 aromatic carbocycles. The Morgan fingerprint density at radius 1 is 1.00 bits per heavy atom. The third kappa shape index (κ3) is 4.69. The molecule has 154 valence electrons. The molecular weight excluding hydrogens is 362 g/mol. The van der Waals surface area contributed by atoms with E-state index in [0.29, 0.717) is 6.61 Å². The summed E-state index contributed by atoms with van der Waals surface area (Å²) in [6.45, 7) is 7.75. The fourth-order valence-corrected chi connectivity index (χ4v) is 3.75. The first-order chi connectivity index (χ1) is 13.8. The summed E-state index contributed by atoms with van der Waals surface area (Å²) < 4.78 is 5.58. The van der Waals surface area contributed by atoms with E-state index >= 15 is 0 Å². The Morgan fingerprint density at radius 3 is 2.55 bits per heavy atom. The average Bonchev–Trinajstić information content (AvgIpc) is 2.77. The zero-order chi connectivity index (χ0) is 19.3. The van der Waals surface area contributed by atoms with Crippen molar-refractivity contribution in [2.75, 3.05) is 50.8 Å². The van der Waals surface area contributed by atoms with Gasteiger partial charge < -0.3 is 19.6 Å². The molecule has 1 saturated heterocycles. The number of piperazine rings is 1. The molecule has 3 aromatic rings. The molecule has 29 heavy (non-hydrogen) atoms. The van der Waals surface area contributed by atoms with Crippen molar-refractivity contribution in [2.45, 2.75) is 14.4 Å². The van der Waals surface area contributed by atoms with Gasteiger partial charge >= 0.3 is 0 Å². The van der Waals surface area contributed by atoms with Gasteiger partial charge in [-0.3, -0.25) is 0 Å². The molecular formula is C24H31N3O2. The number of ether oxygens (including phenoxy) is 1. The topological polar surface area (TPSA) is 48.8 Å². The number of anilines is 1. The Labute approximate surface area is 173 Å². The zero-order valence-electron chi connectivity index (χ0n) is 16.3. The second-order valence-electron chi connectivity index (χ2n) is 7.07. The van der Waals surface area contributed by atoms with Gasteiger partial charge in [-0.25, -0.2) is 4.98 Å². The number of benzene rings is 2. The maximum absolute atomic E-state index is 9.00. The molecule has 2 heterocycles. The number of nitrogens with zero attached hydrogens (tertiary/aromatic N) is 3. The molecule has 0 unspecified atom stereocenters. The molecule has 0 amide bonds. The molecule has 1 aromatic heterocycles. The lowest BCUT2D eigenvalue weighted by molar-refractivity contribution is 0.201. The van der Waals surface area contributed by atoms with Crippen molar-refractivity contribution in [2.24, 2.45) is 0 Å². The van der Waals surface area contributed by atoms with Crippen molar-refractivity contribution >= 4 is 16.6 Å². The summed E-state index contributed by atoms with van der Waals surface area (Å²) in [6.07, 6.45) is 0. The molecule has 0 saturated carbocycles. The third-order valence-corrected chi connectivity index (χ3v) is 5.33. The van der Waals surface area contributed by atoms with Crippen LogP contribution < -0.4 is 9.64 Å². The SMILES string of the molecule is C.CCN1CCN(c2nc(-c3cccc(OCCO)c3)cc3ccccc23)CC1. The predicted molar refractivity (Wildman–Crippen MR) is 121 cm³/mol. The molecule has 0 radical (unpaired) electrons. The molecule has 5 heteroatoms. The molecule has 0 atom stereocenters. The van der Waals surface area contributed by atoms with Gasteiger partial charge in [-0.2, -0.15) is 0 Å². The summed E-state index contributed by atoms with van der Waals surface area (Å²) in [4.78, 5) is 9.95. The standard InChI is InChI=1S/C23H27N3O2.CH4/c1-2-25-10-12-26(13-11-25)23-21-9-4-3-6-18(21)17-22(24-23)19-7-5-8-20(16-19)28-15-14-27;/h3-9,16-17,27H,2,10-15H2,1H3;1H4. The van der Waals surface area contributed by atoms with Gasteiger partial charge in [0.1, 0.15) is 18.2 Å². The van der Waals surface area contributed by atoms with Crippen LogP contribution in [0, 0.1) is 0 Å². The minimum Gasteiger partial charge on any atom is -0.491 e. The van der Waals surface area contributed by atoms with Gasteiger partial charge in [0.05, 0.1) is 12.3 Å². The Morgan fingerprint density at radius 2 is 1.79 bits per heavy atom. The Bertz CT molecular complexity index is 936. The van der Waals surface area contributed by atoms with Crippen molar-refractivity contribution in [3.8, 4) is 17.0 Å². The minimum absolute atomic E-state index is 0. The summed E-state index contributed by atoms with van der Waals surface area (Å²) in [5, 5.41) is 11.4. The summed E-state index contributed by atoms with van der Waals surface area (Å²) in [7, 11) is 0. The second kappa shape index (κ2) is 9.72. The summed E-state index contributed by atoms with van der Waals surface area (Å²) >= 11 is 0. The normalized spacial score (nSPS) is 14.6. The first kappa shape index (κ1) is 21.1. The van der Waals surface area contributed by atoms with Crippen LogP contribution in [0.4, 0.5) is 5.82 Å². The molecule has 1 aliphatic rings. The highest BCUT2D eigenvalue weighted by Crippen LogP contribution is 2.31. The number of likely N-dealkylation sites (N-methyl/N-ethyl adjacent to an activating group) is 1. The van der Waals surface area contributed by atoms with Crippen LogP contribution in [0.1, 0.15) is 14.4 Å². The predicted octanol–water partition coefficient (Wildman–Crippen LogP) is 4.05. The lowest BCUT2D eigenvalue weighted by atomic mass is 10.1. The molecule has 0 bridgehead atoms. The van der Waals surface area contributed by atoms with Crippen LogP contribution in [-0.2, 0) is 0 Å². The van der Waals surface area contributed by atoms with E-state index in [1.807, 2.05) is 18.2 Å². The third-order valence-electron chi connectivity index (χ3n) is 5.33. The zero-order valence-corrected chi connectivity index (χ0v) is 16.3. The summed E-state index contributed by atoms with van der Waals surface area (Å²) in [5.41, 5.74) is 1.97. The second-order valence-corrected chi connectivity index (χ2v) is 7.07. The van der Waals surface area contributed by atoms with Crippen molar-refractivity contribution < 1.29 is 9.84 Å². The Balaban J connectivity index is 0.00000240. The lowest BCUT2D eigenvalue weighted by Gasteiger charge is -2.35. The monoisotopic (exact) mass is 393 g/mol. The number of aliphatic hydroxyl groups excluding tert-OH is 1. The maximum Gasteiger partial charge on any atom is 0.137 e. The van der Waals surface area contributed by atoms with Crippen molar-refractivity contribution in [3.05, 3.63) is 54.6 Å². The van der Waals surface area contributed by atoms with Crippen LogP contribution in [0.2, 0.25) is 0 Å². The van der Waals surface area contributed by atoms with Gasteiger partial charge in [-0.05, 0) is 30.1 Å². The number of aliphatic hydroxyl groups is 1. The molecule has 0 spiro atoms. The van der Waals surface area contributed by atoms with Crippen LogP contribution in [0.5, 0.6) is 5.75 Å². The largest absolute Gasteiger partial charge is 0.491 e. The molecule has 1 N–H and O–H groups in total. The van der Waals surface area contributed by atoms with Crippen molar-refractivity contribution in [1.82, 2.24) is 9.88 Å². The van der Waals surface area contributed by atoms with Crippen molar-refractivity contribution in [3.63, 3.8) is 0 Å². The van der Waals surface area contributed by atoms with Crippen LogP contribution in [0.3, 0.4) is 0 Å². The molecule has 1 fully saturated rings. The Kier molecular flexibility index (Phi) is 7.07. The first-order valence-electron chi connectivity index (χ1n) is 9.99. The van der Waals surface area contributed by atoms with E-state index in [0.717, 1.165) is 55.5 Å². The van der Waals surface area contributed by atoms with E-state index in [4.69, 9.17) is 14.8 Å². The quantitative estimate of drug-likeness (QED) is 0.685. The number of hydrogen-bond donors (Lipinski definition) is 1. The number of rotatable bonds is 6. The van der Waals surface area contributed by atoms with E-state index in [1.54, 1.807) is 0 Å². The van der Waals surface area contributed by atoms with E-state index in [2.05, 4.69) is 53.1 Å². The number of aromatic nitrogens is 1. The fourth-order valence-electron chi connectivity index (χ4n) is 3.75. The maximum atomic E-state index is 9.00. The number of hydrogen-bond acceptors (Lipinski definition) is 5. The summed E-state index contributed by atoms with van der Waals surface area (Å²) in [6, 6.07) is 18.5. The Hall–Kier alpha value is -2.63. The van der Waals surface area contributed by atoms with Crippen LogP contribution in [-0.4, -0.2) is 60.9 Å². The molecule has 5 nitrogen and oxygen atoms in total. The van der Waals surface area contributed by atoms with Gasteiger partial charge in [-0.15, -0.1) is 0 Å². The smallest absolute Gasteiger partial charge is 0.137 e.